The first-order chi connectivity index (χ1) is 11.1. The Morgan fingerprint density at radius 2 is 1.83 bits per heavy atom. The Balaban J connectivity index is 1.57. The lowest BCUT2D eigenvalue weighted by molar-refractivity contribution is -0.140. The van der Waals surface area contributed by atoms with Gasteiger partial charge >= 0.3 is 0 Å². The summed E-state index contributed by atoms with van der Waals surface area (Å²) in [6.07, 6.45) is 5.02. The summed E-state index contributed by atoms with van der Waals surface area (Å²) in [6.45, 7) is 0.0613. The van der Waals surface area contributed by atoms with E-state index in [9.17, 15) is 18.8 Å². The van der Waals surface area contributed by atoms with Crippen molar-refractivity contribution >= 4 is 23.4 Å². The van der Waals surface area contributed by atoms with Gasteiger partial charge in [-0.2, -0.15) is 0 Å². The molecule has 5 nitrogen and oxygen atoms in total. The SMILES string of the molecule is O=C(CCN1C(=O)[C@H]2CC=CC[C@@H]2C1=O)Nc1cccc(F)c1. The molecule has 23 heavy (non-hydrogen) atoms. The van der Waals surface area contributed by atoms with Crippen LogP contribution in [-0.2, 0) is 14.4 Å². The largest absolute Gasteiger partial charge is 0.326 e. The first-order valence-electron chi connectivity index (χ1n) is 7.62. The Bertz CT molecular complexity index is 660. The van der Waals surface area contributed by atoms with Crippen LogP contribution in [0.25, 0.3) is 0 Å². The van der Waals surface area contributed by atoms with Crippen molar-refractivity contribution in [1.29, 1.82) is 0 Å². The van der Waals surface area contributed by atoms with Crippen LogP contribution in [0.3, 0.4) is 0 Å². The number of fused-ring (bicyclic) bond motifs is 1. The second-order valence-electron chi connectivity index (χ2n) is 5.79. The number of nitrogens with one attached hydrogen (secondary N) is 1. The molecule has 0 radical (unpaired) electrons. The van der Waals surface area contributed by atoms with Gasteiger partial charge in [0.1, 0.15) is 5.82 Å². The minimum absolute atomic E-state index is 0.000855. The van der Waals surface area contributed by atoms with Crippen molar-refractivity contribution in [3.63, 3.8) is 0 Å². The van der Waals surface area contributed by atoms with Gasteiger partial charge < -0.3 is 5.32 Å². The number of allylic oxidation sites excluding steroid dienone is 2. The molecule has 0 saturated carbocycles. The molecule has 6 heteroatoms. The van der Waals surface area contributed by atoms with Crippen LogP contribution in [0.15, 0.2) is 36.4 Å². The van der Waals surface area contributed by atoms with Crippen LogP contribution in [0.5, 0.6) is 0 Å². The maximum absolute atomic E-state index is 13.1. The van der Waals surface area contributed by atoms with Crippen LogP contribution < -0.4 is 5.32 Å². The van der Waals surface area contributed by atoms with Crippen LogP contribution in [0.2, 0.25) is 0 Å². The van der Waals surface area contributed by atoms with E-state index in [4.69, 9.17) is 0 Å². The zero-order valence-electron chi connectivity index (χ0n) is 12.5. The predicted octanol–water partition coefficient (Wildman–Crippen LogP) is 2.11. The summed E-state index contributed by atoms with van der Waals surface area (Å²) < 4.78 is 13.1. The van der Waals surface area contributed by atoms with E-state index in [0.29, 0.717) is 18.5 Å². The summed E-state index contributed by atoms with van der Waals surface area (Å²) in [5.74, 6) is -1.74. The van der Waals surface area contributed by atoms with Crippen molar-refractivity contribution in [2.45, 2.75) is 19.3 Å². The van der Waals surface area contributed by atoms with E-state index in [-0.39, 0.29) is 42.5 Å². The number of benzene rings is 1. The van der Waals surface area contributed by atoms with E-state index < -0.39 is 5.82 Å². The van der Waals surface area contributed by atoms with Gasteiger partial charge in [-0.3, -0.25) is 19.3 Å². The lowest BCUT2D eigenvalue weighted by atomic mass is 9.85. The van der Waals surface area contributed by atoms with Gasteiger partial charge in [0.25, 0.3) is 0 Å². The molecule has 1 fully saturated rings. The van der Waals surface area contributed by atoms with Crippen molar-refractivity contribution in [3.8, 4) is 0 Å². The number of rotatable bonds is 4. The fourth-order valence-corrected chi connectivity index (χ4v) is 3.09. The molecule has 2 aliphatic rings. The van der Waals surface area contributed by atoms with Crippen LogP contribution in [0.1, 0.15) is 19.3 Å². The Morgan fingerprint density at radius 3 is 2.43 bits per heavy atom. The predicted molar refractivity (Wildman–Crippen MR) is 81.7 cm³/mol. The molecule has 1 aliphatic heterocycles. The number of likely N-dealkylation sites (tertiary alicyclic amines) is 1. The highest BCUT2D eigenvalue weighted by atomic mass is 19.1. The van der Waals surface area contributed by atoms with E-state index in [2.05, 4.69) is 5.32 Å². The third-order valence-electron chi connectivity index (χ3n) is 4.27. The maximum Gasteiger partial charge on any atom is 0.233 e. The number of hydrogen-bond donors (Lipinski definition) is 1. The monoisotopic (exact) mass is 316 g/mol. The van der Waals surface area contributed by atoms with Gasteiger partial charge in [-0.05, 0) is 31.0 Å². The van der Waals surface area contributed by atoms with Crippen LogP contribution >= 0.6 is 0 Å². The lowest BCUT2D eigenvalue weighted by Crippen LogP contribution is -2.34. The number of carbonyl (C=O) groups is 3. The third-order valence-corrected chi connectivity index (χ3v) is 4.27. The number of amides is 3. The molecular weight excluding hydrogens is 299 g/mol. The zero-order valence-corrected chi connectivity index (χ0v) is 12.5. The first kappa shape index (κ1) is 15.4. The van der Waals surface area contributed by atoms with E-state index in [1.165, 1.54) is 23.1 Å². The lowest BCUT2D eigenvalue weighted by Gasteiger charge is -2.14. The summed E-state index contributed by atoms with van der Waals surface area (Å²) >= 11 is 0. The fraction of sp³-hybridized carbons (Fsp3) is 0.353. The molecular formula is C17H17FN2O3. The van der Waals surface area contributed by atoms with Gasteiger partial charge in [0.15, 0.2) is 0 Å². The molecule has 3 amide bonds. The number of nitrogens with zero attached hydrogens (tertiary/aromatic N) is 1. The number of anilines is 1. The van der Waals surface area contributed by atoms with Crippen molar-refractivity contribution in [3.05, 3.63) is 42.2 Å². The normalized spacial score (nSPS) is 23.1. The molecule has 1 saturated heterocycles. The molecule has 0 bridgehead atoms. The van der Waals surface area contributed by atoms with Crippen molar-refractivity contribution < 1.29 is 18.8 Å². The standard InChI is InChI=1S/C17H17FN2O3/c18-11-4-3-5-12(10-11)19-15(21)8-9-20-16(22)13-6-1-2-7-14(13)17(20)23/h1-5,10,13-14H,6-9H2,(H,19,21)/t13-,14-/m0/s1. The molecule has 120 valence electrons. The van der Waals surface area contributed by atoms with Crippen molar-refractivity contribution in [2.75, 3.05) is 11.9 Å². The summed E-state index contributed by atoms with van der Waals surface area (Å²) in [7, 11) is 0. The minimum Gasteiger partial charge on any atom is -0.326 e. The Labute approximate surface area is 133 Å². The quantitative estimate of drug-likeness (QED) is 0.683. The number of hydrogen-bond acceptors (Lipinski definition) is 3. The Morgan fingerprint density at radius 1 is 1.17 bits per heavy atom. The molecule has 1 heterocycles. The second-order valence-corrected chi connectivity index (χ2v) is 5.79. The third kappa shape index (κ3) is 3.16. The van der Waals surface area contributed by atoms with Crippen LogP contribution in [0, 0.1) is 17.7 Å². The number of imide groups is 1. The molecule has 1 aliphatic carbocycles. The zero-order chi connectivity index (χ0) is 16.4. The highest BCUT2D eigenvalue weighted by Gasteiger charge is 2.46. The van der Waals surface area contributed by atoms with E-state index >= 15 is 0 Å². The van der Waals surface area contributed by atoms with Gasteiger partial charge in [-0.25, -0.2) is 4.39 Å². The number of halogens is 1. The van der Waals surface area contributed by atoms with E-state index in [1.807, 2.05) is 12.2 Å². The van der Waals surface area contributed by atoms with Gasteiger partial charge in [0.2, 0.25) is 17.7 Å². The van der Waals surface area contributed by atoms with E-state index in [0.717, 1.165) is 0 Å². The molecule has 0 aromatic heterocycles. The molecule has 2 atom stereocenters. The molecule has 1 aromatic rings. The first-order valence-corrected chi connectivity index (χ1v) is 7.62. The molecule has 3 rings (SSSR count). The fourth-order valence-electron chi connectivity index (χ4n) is 3.09. The summed E-state index contributed by atoms with van der Waals surface area (Å²) in [6, 6.07) is 5.57. The van der Waals surface area contributed by atoms with Gasteiger partial charge in [-0.1, -0.05) is 18.2 Å². The van der Waals surface area contributed by atoms with Crippen LogP contribution in [-0.4, -0.2) is 29.2 Å². The minimum atomic E-state index is -0.440. The smallest absolute Gasteiger partial charge is 0.233 e. The maximum atomic E-state index is 13.1. The van der Waals surface area contributed by atoms with Gasteiger partial charge in [-0.15, -0.1) is 0 Å². The number of carbonyl (C=O) groups excluding carboxylic acids is 3. The average Bonchev–Trinajstić information content (AvgIpc) is 2.77. The highest BCUT2D eigenvalue weighted by molar-refractivity contribution is 6.05. The van der Waals surface area contributed by atoms with Crippen molar-refractivity contribution in [2.24, 2.45) is 11.8 Å². The average molecular weight is 316 g/mol. The van der Waals surface area contributed by atoms with Gasteiger partial charge in [0, 0.05) is 18.7 Å². The van der Waals surface area contributed by atoms with E-state index in [1.54, 1.807) is 6.07 Å². The topological polar surface area (TPSA) is 66.5 Å². The molecule has 0 spiro atoms. The summed E-state index contributed by atoms with van der Waals surface area (Å²) in [5, 5.41) is 2.56. The highest BCUT2D eigenvalue weighted by Crippen LogP contribution is 2.34. The van der Waals surface area contributed by atoms with Crippen LogP contribution in [0.4, 0.5) is 10.1 Å². The summed E-state index contributed by atoms with van der Waals surface area (Å²) in [4.78, 5) is 37.6. The summed E-state index contributed by atoms with van der Waals surface area (Å²) in [5.41, 5.74) is 0.354. The molecule has 1 N–H and O–H groups in total. The van der Waals surface area contributed by atoms with Crippen molar-refractivity contribution in [1.82, 2.24) is 4.90 Å². The Hall–Kier alpha value is -2.50. The molecule has 0 unspecified atom stereocenters. The Kier molecular flexibility index (Phi) is 4.23. The second kappa shape index (κ2) is 6.32. The van der Waals surface area contributed by atoms with Gasteiger partial charge in [0.05, 0.1) is 11.8 Å². The molecule has 1 aromatic carbocycles.